The smallest absolute Gasteiger partial charge is 0.263 e. The Morgan fingerprint density at radius 3 is 1.33 bits per heavy atom. The number of para-hydroxylation sites is 2. The molecule has 6 nitrogen and oxygen atoms in total. The van der Waals surface area contributed by atoms with Crippen molar-refractivity contribution in [2.45, 2.75) is 0 Å². The minimum absolute atomic E-state index is 0.00419. The molecule has 0 unspecified atom stereocenters. The summed E-state index contributed by atoms with van der Waals surface area (Å²) in [4.78, 5) is 44.4. The van der Waals surface area contributed by atoms with E-state index in [1.807, 2.05) is 67.0 Å². The zero-order chi connectivity index (χ0) is 54.2. The number of benzene rings is 12. The summed E-state index contributed by atoms with van der Waals surface area (Å²) in [6.45, 7) is 0. The lowest BCUT2D eigenvalue weighted by Crippen LogP contribution is -2.13. The minimum atomic E-state index is -0.0836. The van der Waals surface area contributed by atoms with Crippen LogP contribution in [-0.4, -0.2) is 13.2 Å². The van der Waals surface area contributed by atoms with Gasteiger partial charge in [0, 0.05) is 105 Å². The summed E-state index contributed by atoms with van der Waals surface area (Å²) in [5.41, 5.74) is 11.6. The van der Waals surface area contributed by atoms with Crippen LogP contribution in [0.4, 0.5) is 0 Å². The third kappa shape index (κ3) is 5.59. The van der Waals surface area contributed by atoms with E-state index in [0.29, 0.717) is 16.2 Å². The van der Waals surface area contributed by atoms with E-state index >= 15 is 4.79 Å². The molecule has 0 bridgehead atoms. The Kier molecular flexibility index (Phi) is 8.25. The molecule has 0 radical (unpaired) electrons. The molecule has 0 spiro atoms. The van der Waals surface area contributed by atoms with E-state index in [1.165, 1.54) is 35.6 Å². The molecule has 0 atom stereocenters. The Morgan fingerprint density at radius 1 is 0.217 bits per heavy atom. The van der Waals surface area contributed by atoms with E-state index in [0.717, 1.165) is 136 Å². The first-order valence-electron chi connectivity index (χ1n) is 27.9. The first-order valence-corrected chi connectivity index (χ1v) is 29.5. The molecule has 8 aromatic heterocycles. The van der Waals surface area contributed by atoms with Crippen LogP contribution in [0.15, 0.2) is 239 Å². The standard InChI is InChI=1S/C75H37N3O3S2/c79-73-54-13-4-2-10-45(54)59-35-43(36-60-56-31-39(21-27-62(56)76(73)71(59)60)40-22-29-65-57(32-40)47-11-5-6-18-64(47)82-65)41-23-30-66-58(33-41)48-25-20-42(37-67(48)83-66)38-19-24-46-50-15-8-17-55-68-63(77(70(50)55)75(81)61(46)34-38)28-26-52-51-16-7-14-49-44-9-1-3-12-53(44)74(80)78(69(49)51)72(52)68/h1-37H. The second kappa shape index (κ2) is 15.5. The van der Waals surface area contributed by atoms with Crippen molar-refractivity contribution in [2.75, 3.05) is 0 Å². The molecule has 0 saturated carbocycles. The number of nitrogens with zero attached hydrogens (tertiary/aromatic N) is 3. The van der Waals surface area contributed by atoms with Gasteiger partial charge in [0.25, 0.3) is 16.7 Å². The maximum absolute atomic E-state index is 15.3. The third-order valence-corrected chi connectivity index (χ3v) is 20.7. The van der Waals surface area contributed by atoms with Gasteiger partial charge in [-0.2, -0.15) is 0 Å². The zero-order valence-corrected chi connectivity index (χ0v) is 45.4. The largest absolute Gasteiger partial charge is 0.275 e. The highest BCUT2D eigenvalue weighted by Crippen LogP contribution is 2.46. The van der Waals surface area contributed by atoms with Crippen molar-refractivity contribution < 1.29 is 0 Å². The number of rotatable bonds is 3. The molecule has 20 aromatic rings. The summed E-state index contributed by atoms with van der Waals surface area (Å²) in [5.74, 6) is 0. The molecular weight excluding hydrogens is 1050 g/mol. The lowest BCUT2D eigenvalue weighted by Gasteiger charge is -2.10. The van der Waals surface area contributed by atoms with Gasteiger partial charge >= 0.3 is 0 Å². The fourth-order valence-corrected chi connectivity index (χ4v) is 17.0. The van der Waals surface area contributed by atoms with Crippen LogP contribution in [0.2, 0.25) is 0 Å². The summed E-state index contributed by atoms with van der Waals surface area (Å²) in [7, 11) is 0. The highest BCUT2D eigenvalue weighted by molar-refractivity contribution is 7.26. The van der Waals surface area contributed by atoms with Crippen molar-refractivity contribution in [3.63, 3.8) is 0 Å². The highest BCUT2D eigenvalue weighted by atomic mass is 32.1. The molecule has 8 heterocycles. The van der Waals surface area contributed by atoms with Crippen molar-refractivity contribution in [3.05, 3.63) is 256 Å². The Hall–Kier alpha value is -10.5. The molecule has 0 N–H and O–H groups in total. The maximum Gasteiger partial charge on any atom is 0.263 e. The quantitative estimate of drug-likeness (QED) is 0.166. The Morgan fingerprint density at radius 2 is 0.602 bits per heavy atom. The minimum Gasteiger partial charge on any atom is -0.275 e. The highest BCUT2D eigenvalue weighted by Gasteiger charge is 2.25. The van der Waals surface area contributed by atoms with Crippen LogP contribution in [-0.2, 0) is 0 Å². The van der Waals surface area contributed by atoms with Gasteiger partial charge in [0.1, 0.15) is 0 Å². The maximum atomic E-state index is 15.3. The fourth-order valence-electron chi connectivity index (χ4n) is 14.8. The van der Waals surface area contributed by atoms with Gasteiger partial charge in [-0.25, -0.2) is 0 Å². The molecule has 0 saturated heterocycles. The Labute approximate surface area is 476 Å². The molecule has 382 valence electrons. The van der Waals surface area contributed by atoms with Gasteiger partial charge in [-0.15, -0.1) is 22.7 Å². The van der Waals surface area contributed by atoms with Gasteiger partial charge in [-0.3, -0.25) is 27.6 Å². The van der Waals surface area contributed by atoms with Gasteiger partial charge in [0.15, 0.2) is 0 Å². The number of hydrogen-bond acceptors (Lipinski definition) is 5. The zero-order valence-electron chi connectivity index (χ0n) is 43.7. The summed E-state index contributed by atoms with van der Waals surface area (Å²) >= 11 is 3.60. The molecule has 0 aliphatic heterocycles. The molecule has 12 aromatic carbocycles. The van der Waals surface area contributed by atoms with Crippen molar-refractivity contribution in [2.24, 2.45) is 0 Å². The van der Waals surface area contributed by atoms with E-state index in [-0.39, 0.29) is 16.7 Å². The number of hydrogen-bond donors (Lipinski definition) is 0. The fraction of sp³-hybridized carbons (Fsp3) is 0. The van der Waals surface area contributed by atoms with E-state index in [9.17, 15) is 9.59 Å². The predicted molar refractivity (Wildman–Crippen MR) is 351 cm³/mol. The third-order valence-electron chi connectivity index (χ3n) is 18.5. The number of pyridine rings is 3. The van der Waals surface area contributed by atoms with Crippen LogP contribution in [0.1, 0.15) is 0 Å². The molecule has 0 fully saturated rings. The average molecular weight is 1090 g/mol. The van der Waals surface area contributed by atoms with Gasteiger partial charge in [0.2, 0.25) is 0 Å². The molecule has 0 aliphatic rings. The van der Waals surface area contributed by atoms with Gasteiger partial charge < -0.3 is 0 Å². The van der Waals surface area contributed by atoms with Gasteiger partial charge in [0.05, 0.1) is 33.1 Å². The first-order chi connectivity index (χ1) is 40.9. The van der Waals surface area contributed by atoms with Gasteiger partial charge in [-0.05, 0) is 134 Å². The van der Waals surface area contributed by atoms with Crippen LogP contribution in [0, 0.1) is 0 Å². The van der Waals surface area contributed by atoms with Crippen LogP contribution in [0.5, 0.6) is 0 Å². The Bertz CT molecular complexity index is 6580. The van der Waals surface area contributed by atoms with Crippen LogP contribution in [0.3, 0.4) is 0 Å². The van der Waals surface area contributed by atoms with Crippen molar-refractivity contribution in [1.29, 1.82) is 0 Å². The van der Waals surface area contributed by atoms with Crippen LogP contribution in [0.25, 0.3) is 188 Å². The number of fused-ring (bicyclic) bond motifs is 22. The monoisotopic (exact) mass is 1090 g/mol. The van der Waals surface area contributed by atoms with Crippen LogP contribution < -0.4 is 16.7 Å². The van der Waals surface area contributed by atoms with Crippen LogP contribution >= 0.6 is 22.7 Å². The predicted octanol–water partition coefficient (Wildman–Crippen LogP) is 19.0. The Balaban J connectivity index is 0.735. The summed E-state index contributed by atoms with van der Waals surface area (Å²) in [6.07, 6.45) is 0. The van der Waals surface area contributed by atoms with E-state index in [1.54, 1.807) is 11.3 Å². The van der Waals surface area contributed by atoms with Gasteiger partial charge in [-0.1, -0.05) is 140 Å². The number of thiophene rings is 2. The average Bonchev–Trinajstić information content (AvgIpc) is 2.02. The number of aromatic nitrogens is 3. The molecular formula is C75H37N3O3S2. The summed E-state index contributed by atoms with van der Waals surface area (Å²) in [5, 5.41) is 18.8. The summed E-state index contributed by atoms with van der Waals surface area (Å²) in [6, 6.07) is 79.0. The molecule has 0 aliphatic carbocycles. The van der Waals surface area contributed by atoms with Crippen molar-refractivity contribution >= 4 is 177 Å². The molecule has 8 heteroatoms. The second-order valence-electron chi connectivity index (χ2n) is 22.5. The lowest BCUT2D eigenvalue weighted by atomic mass is 9.95. The van der Waals surface area contributed by atoms with E-state index < -0.39 is 0 Å². The molecule has 83 heavy (non-hydrogen) atoms. The lowest BCUT2D eigenvalue weighted by molar-refractivity contribution is 1.20. The SMILES string of the molecule is O=c1c2ccccc2c2cc(-c3ccc4sc5cc(-c6ccc7c(c6)c(=O)n6c8ccc9c%10cccc%11c%12ccccc%12c(=O)n(c%11%10)c9c8c8cccc7c86)ccc5c4c3)cc3c4cc(-c5ccc6sc7ccccc7c6c5)ccc4n1c23. The van der Waals surface area contributed by atoms with E-state index in [2.05, 4.69) is 182 Å². The normalized spacial score (nSPS) is 12.7. The van der Waals surface area contributed by atoms with E-state index in [4.69, 9.17) is 0 Å². The molecule has 20 rings (SSSR count). The topological polar surface area (TPSA) is 64.4 Å². The second-order valence-corrected chi connectivity index (χ2v) is 24.7. The van der Waals surface area contributed by atoms with Crippen molar-refractivity contribution in [1.82, 2.24) is 13.2 Å². The molecule has 0 amide bonds. The van der Waals surface area contributed by atoms with Crippen molar-refractivity contribution in [3.8, 4) is 33.4 Å². The first kappa shape index (κ1) is 44.3. The summed E-state index contributed by atoms with van der Waals surface area (Å²) < 4.78 is 10.6.